The summed E-state index contributed by atoms with van der Waals surface area (Å²) in [5.74, 6) is -0.139. The molecular weight excluding hydrogens is 303 g/mol. The lowest BCUT2D eigenvalue weighted by Gasteiger charge is -2.11. The van der Waals surface area contributed by atoms with Crippen molar-refractivity contribution >= 4 is 28.8 Å². The van der Waals surface area contributed by atoms with E-state index in [4.69, 9.17) is 0 Å². The smallest absolute Gasteiger partial charge is 0.230 e. The summed E-state index contributed by atoms with van der Waals surface area (Å²) in [5, 5.41) is 3.04. The van der Waals surface area contributed by atoms with E-state index in [9.17, 15) is 9.18 Å². The molecule has 0 saturated heterocycles. The number of hydrogen-bond acceptors (Lipinski definition) is 5. The zero-order chi connectivity index (χ0) is 15.6. The van der Waals surface area contributed by atoms with Crippen LogP contribution in [0.2, 0.25) is 0 Å². The molecule has 0 spiro atoms. The van der Waals surface area contributed by atoms with Crippen molar-refractivity contribution in [2.45, 2.75) is 18.8 Å². The molecule has 5 nitrogen and oxygen atoms in total. The summed E-state index contributed by atoms with van der Waals surface area (Å²) in [7, 11) is 0. The molecule has 0 saturated carbocycles. The Labute approximate surface area is 130 Å². The Kier molecular flexibility index (Phi) is 3.81. The second kappa shape index (κ2) is 5.76. The number of anilines is 1. The summed E-state index contributed by atoms with van der Waals surface area (Å²) in [6, 6.07) is 6.20. The monoisotopic (exact) mass is 316 g/mol. The number of allylic oxidation sites excluding steroid dienone is 1. The van der Waals surface area contributed by atoms with Crippen LogP contribution in [-0.4, -0.2) is 21.5 Å². The molecule has 1 N–H and O–H groups in total. The molecule has 0 radical (unpaired) electrons. The van der Waals surface area contributed by atoms with Crippen molar-refractivity contribution < 1.29 is 9.18 Å². The van der Waals surface area contributed by atoms with Gasteiger partial charge in [-0.15, -0.1) is 0 Å². The van der Waals surface area contributed by atoms with Gasteiger partial charge in [0.15, 0.2) is 5.82 Å². The van der Waals surface area contributed by atoms with Crippen LogP contribution in [0.15, 0.2) is 41.5 Å². The van der Waals surface area contributed by atoms with Crippen molar-refractivity contribution in [3.05, 3.63) is 53.7 Å². The van der Waals surface area contributed by atoms with E-state index in [1.165, 1.54) is 6.07 Å². The van der Waals surface area contributed by atoms with Gasteiger partial charge < -0.3 is 5.32 Å². The average Bonchev–Trinajstić information content (AvgIpc) is 3.12. The van der Waals surface area contributed by atoms with E-state index in [0.29, 0.717) is 16.5 Å². The Balaban J connectivity index is 1.68. The van der Waals surface area contributed by atoms with E-state index >= 15 is 0 Å². The number of rotatable bonds is 4. The van der Waals surface area contributed by atoms with Gasteiger partial charge in [-0.3, -0.25) is 9.79 Å². The summed E-state index contributed by atoms with van der Waals surface area (Å²) in [6.45, 7) is 1.94. The van der Waals surface area contributed by atoms with E-state index < -0.39 is 11.2 Å². The minimum absolute atomic E-state index is 0.0415. The first-order valence-corrected chi connectivity index (χ1v) is 7.44. The molecule has 1 aromatic heterocycles. The maximum atomic E-state index is 13.5. The number of benzene rings is 1. The Morgan fingerprint density at radius 3 is 2.95 bits per heavy atom. The minimum Gasteiger partial charge on any atom is -0.300 e. The average molecular weight is 316 g/mol. The van der Waals surface area contributed by atoms with Crippen LogP contribution in [0.4, 0.5) is 9.52 Å². The summed E-state index contributed by atoms with van der Waals surface area (Å²) in [5.41, 5.74) is -0.0899. The Morgan fingerprint density at radius 1 is 1.41 bits per heavy atom. The van der Waals surface area contributed by atoms with Gasteiger partial charge in [0.1, 0.15) is 5.82 Å². The molecular formula is C15H13FN4OS. The van der Waals surface area contributed by atoms with Gasteiger partial charge in [0, 0.05) is 23.9 Å². The highest BCUT2D eigenvalue weighted by molar-refractivity contribution is 7.09. The minimum atomic E-state index is -0.439. The molecule has 22 heavy (non-hydrogen) atoms. The number of carbonyl (C=O) groups is 1. The molecule has 2 aromatic rings. The largest absolute Gasteiger partial charge is 0.300 e. The fourth-order valence-electron chi connectivity index (χ4n) is 2.04. The predicted molar refractivity (Wildman–Crippen MR) is 83.6 cm³/mol. The lowest BCUT2D eigenvalue weighted by molar-refractivity contribution is -0.115. The van der Waals surface area contributed by atoms with Crippen molar-refractivity contribution in [2.75, 3.05) is 5.32 Å². The second-order valence-corrected chi connectivity index (χ2v) is 5.87. The molecule has 7 heteroatoms. The van der Waals surface area contributed by atoms with Crippen LogP contribution in [0.1, 0.15) is 18.3 Å². The zero-order valence-corrected chi connectivity index (χ0v) is 12.6. The third-order valence-corrected chi connectivity index (χ3v) is 3.94. The number of aromatic nitrogens is 2. The highest BCUT2D eigenvalue weighted by atomic mass is 32.1. The lowest BCUT2D eigenvalue weighted by atomic mass is 9.93. The van der Waals surface area contributed by atoms with Gasteiger partial charge in [0.25, 0.3) is 0 Å². The number of nitrogens with zero attached hydrogens (tertiary/aromatic N) is 3. The fraction of sp³-hybridized carbons (Fsp3) is 0.200. The van der Waals surface area contributed by atoms with Gasteiger partial charge in [-0.2, -0.15) is 4.37 Å². The molecule has 1 atom stereocenters. The molecule has 1 aromatic carbocycles. The number of hydrogen-bond donors (Lipinski definition) is 1. The maximum absolute atomic E-state index is 13.5. The topological polar surface area (TPSA) is 67.2 Å². The first-order valence-electron chi connectivity index (χ1n) is 6.66. The van der Waals surface area contributed by atoms with Crippen molar-refractivity contribution in [1.82, 2.24) is 9.36 Å². The SMILES string of the molecule is CC1(c2nsc(NC(=O)Cc3ccccc3F)n2)C=CN=C1. The first-order chi connectivity index (χ1) is 10.6. The van der Waals surface area contributed by atoms with Gasteiger partial charge in [-0.1, -0.05) is 18.2 Å². The van der Waals surface area contributed by atoms with Gasteiger partial charge in [0.05, 0.1) is 11.8 Å². The number of carbonyl (C=O) groups excluding carboxylic acids is 1. The van der Waals surface area contributed by atoms with E-state index in [-0.39, 0.29) is 12.3 Å². The van der Waals surface area contributed by atoms with Gasteiger partial charge in [-0.25, -0.2) is 9.37 Å². The summed E-state index contributed by atoms with van der Waals surface area (Å²) in [4.78, 5) is 20.3. The first kappa shape index (κ1) is 14.5. The molecule has 112 valence electrons. The van der Waals surface area contributed by atoms with E-state index in [0.717, 1.165) is 11.5 Å². The Bertz CT molecular complexity index is 756. The molecule has 1 unspecified atom stereocenters. The number of nitrogens with one attached hydrogen (secondary N) is 1. The van der Waals surface area contributed by atoms with Crippen LogP contribution < -0.4 is 5.32 Å². The molecule has 1 aliphatic rings. The highest BCUT2D eigenvalue weighted by Crippen LogP contribution is 2.27. The van der Waals surface area contributed by atoms with Crippen LogP contribution in [0.5, 0.6) is 0 Å². The fourth-order valence-corrected chi connectivity index (χ4v) is 2.74. The summed E-state index contributed by atoms with van der Waals surface area (Å²) < 4.78 is 17.8. The van der Waals surface area contributed by atoms with Gasteiger partial charge >= 0.3 is 0 Å². The van der Waals surface area contributed by atoms with Crippen LogP contribution in [-0.2, 0) is 16.6 Å². The zero-order valence-electron chi connectivity index (χ0n) is 11.8. The molecule has 2 heterocycles. The standard InChI is InChI=1S/C15H13FN4OS/c1-15(6-7-17-9-15)13-19-14(22-20-13)18-12(21)8-10-4-2-3-5-11(10)16/h2-7,9H,8H2,1H3,(H,18,19,20,21). The Hall–Kier alpha value is -2.41. The highest BCUT2D eigenvalue weighted by Gasteiger charge is 2.28. The number of halogens is 1. The van der Waals surface area contributed by atoms with E-state index in [1.54, 1.807) is 30.6 Å². The number of amides is 1. The Morgan fingerprint density at radius 2 is 2.23 bits per heavy atom. The van der Waals surface area contributed by atoms with E-state index in [1.807, 2.05) is 13.0 Å². The van der Waals surface area contributed by atoms with Gasteiger partial charge in [-0.05, 0) is 24.6 Å². The number of aliphatic imine (C=N–C) groups is 1. The molecule has 1 aliphatic heterocycles. The third kappa shape index (κ3) is 2.94. The van der Waals surface area contributed by atoms with Crippen LogP contribution in [0.3, 0.4) is 0 Å². The van der Waals surface area contributed by atoms with E-state index in [2.05, 4.69) is 19.7 Å². The van der Waals surface area contributed by atoms with Crippen molar-refractivity contribution in [2.24, 2.45) is 4.99 Å². The second-order valence-electron chi connectivity index (χ2n) is 5.12. The molecule has 1 amide bonds. The van der Waals surface area contributed by atoms with Crippen molar-refractivity contribution in [3.63, 3.8) is 0 Å². The van der Waals surface area contributed by atoms with Crippen molar-refractivity contribution in [1.29, 1.82) is 0 Å². The predicted octanol–water partition coefficient (Wildman–Crippen LogP) is 2.71. The van der Waals surface area contributed by atoms with Crippen LogP contribution in [0, 0.1) is 5.82 Å². The lowest BCUT2D eigenvalue weighted by Crippen LogP contribution is -2.21. The third-order valence-electron chi connectivity index (χ3n) is 3.31. The molecule has 0 fully saturated rings. The van der Waals surface area contributed by atoms with Gasteiger partial charge in [0.2, 0.25) is 11.0 Å². The molecule has 0 bridgehead atoms. The van der Waals surface area contributed by atoms with Crippen molar-refractivity contribution in [3.8, 4) is 0 Å². The summed E-state index contributed by atoms with van der Waals surface area (Å²) in [6.07, 6.45) is 5.29. The van der Waals surface area contributed by atoms with Crippen LogP contribution in [0.25, 0.3) is 0 Å². The quantitative estimate of drug-likeness (QED) is 0.943. The summed E-state index contributed by atoms with van der Waals surface area (Å²) >= 11 is 1.10. The molecule has 0 aliphatic carbocycles. The maximum Gasteiger partial charge on any atom is 0.230 e. The normalized spacial score (nSPS) is 19.5. The molecule has 3 rings (SSSR count). The van der Waals surface area contributed by atoms with Crippen LogP contribution >= 0.6 is 11.5 Å².